The topological polar surface area (TPSA) is 113 Å². The largest absolute Gasteiger partial charge is 0.375 e. The van der Waals surface area contributed by atoms with Gasteiger partial charge in [0, 0.05) is 49.6 Å². The number of piperazine rings is 1. The Morgan fingerprint density at radius 2 is 1.80 bits per heavy atom. The van der Waals surface area contributed by atoms with E-state index in [-0.39, 0.29) is 29.6 Å². The van der Waals surface area contributed by atoms with E-state index < -0.39 is 11.9 Å². The first-order valence-corrected chi connectivity index (χ1v) is 15.5. The summed E-state index contributed by atoms with van der Waals surface area (Å²) < 4.78 is 14.6. The Morgan fingerprint density at radius 3 is 2.50 bits per heavy atom. The highest BCUT2D eigenvalue weighted by molar-refractivity contribution is 6.34. The van der Waals surface area contributed by atoms with Crippen molar-refractivity contribution in [3.8, 4) is 11.1 Å². The smallest absolute Gasteiger partial charge is 0.239 e. The lowest BCUT2D eigenvalue weighted by molar-refractivity contribution is -0.120. The van der Waals surface area contributed by atoms with Crippen LogP contribution in [-0.4, -0.2) is 51.3 Å². The first kappa shape index (κ1) is 32.4. The Kier molecular flexibility index (Phi) is 10.5. The van der Waals surface area contributed by atoms with Gasteiger partial charge in [-0.1, -0.05) is 61.3 Å². The van der Waals surface area contributed by atoms with Crippen molar-refractivity contribution in [2.24, 2.45) is 0 Å². The van der Waals surface area contributed by atoms with Gasteiger partial charge >= 0.3 is 0 Å². The summed E-state index contributed by atoms with van der Waals surface area (Å²) in [6.45, 7) is 6.74. The number of aromatic nitrogens is 4. The van der Waals surface area contributed by atoms with Crippen LogP contribution >= 0.6 is 11.6 Å². The number of benzene rings is 2. The molecule has 0 saturated carbocycles. The van der Waals surface area contributed by atoms with Crippen LogP contribution in [0, 0.1) is 5.82 Å². The normalized spacial score (nSPS) is 13.4. The molecule has 1 fully saturated rings. The van der Waals surface area contributed by atoms with Gasteiger partial charge in [-0.05, 0) is 48.7 Å². The average molecular weight is 640 g/mol. The quantitative estimate of drug-likeness (QED) is 0.178. The number of carbonyl (C=O) groups excluding carboxylic acids is 2. The van der Waals surface area contributed by atoms with Crippen molar-refractivity contribution in [3.63, 3.8) is 0 Å². The summed E-state index contributed by atoms with van der Waals surface area (Å²) in [7, 11) is 0. The fourth-order valence-electron chi connectivity index (χ4n) is 5.11. The molecule has 1 aliphatic heterocycles. The maximum absolute atomic E-state index is 14.6. The lowest BCUT2D eigenvalue weighted by Crippen LogP contribution is -2.48. The first-order valence-electron chi connectivity index (χ1n) is 15.1. The molecule has 0 bridgehead atoms. The monoisotopic (exact) mass is 639 g/mol. The molecule has 5 aromatic rings. The molecule has 0 spiro atoms. The molecule has 6 rings (SSSR count). The SMILES string of the molecule is CC(=O)c1ccc(F)c(C(C)Nc2c(Cl)cnc3ccc(-c4cnc(N5CCNC(=O)C5)nc4)cc23)n1.CCCc1ccccc1. The van der Waals surface area contributed by atoms with Crippen LogP contribution in [0.5, 0.6) is 0 Å². The highest BCUT2D eigenvalue weighted by Crippen LogP contribution is 2.35. The molecule has 1 amide bonds. The number of halogens is 2. The van der Waals surface area contributed by atoms with Crippen LogP contribution in [-0.2, 0) is 11.2 Å². The zero-order chi connectivity index (χ0) is 32.6. The minimum absolute atomic E-state index is 0.0600. The molecule has 1 atom stereocenters. The Morgan fingerprint density at radius 1 is 1.04 bits per heavy atom. The third-order valence-electron chi connectivity index (χ3n) is 7.50. The van der Waals surface area contributed by atoms with Crippen molar-refractivity contribution in [2.75, 3.05) is 29.9 Å². The predicted molar refractivity (Wildman–Crippen MR) is 180 cm³/mol. The van der Waals surface area contributed by atoms with Gasteiger partial charge < -0.3 is 15.5 Å². The highest BCUT2D eigenvalue weighted by Gasteiger charge is 2.20. The second-order valence-corrected chi connectivity index (χ2v) is 11.4. The van der Waals surface area contributed by atoms with Gasteiger partial charge in [-0.2, -0.15) is 0 Å². The van der Waals surface area contributed by atoms with Gasteiger partial charge in [0.2, 0.25) is 11.9 Å². The summed E-state index contributed by atoms with van der Waals surface area (Å²) in [4.78, 5) is 42.8. The van der Waals surface area contributed by atoms with Crippen LogP contribution in [0.2, 0.25) is 5.02 Å². The number of amides is 1. The van der Waals surface area contributed by atoms with E-state index in [1.807, 2.05) is 23.1 Å². The third kappa shape index (κ3) is 7.81. The number of nitrogens with zero attached hydrogens (tertiary/aromatic N) is 5. The Bertz CT molecular complexity index is 1840. The summed E-state index contributed by atoms with van der Waals surface area (Å²) in [5.74, 6) is -0.344. The van der Waals surface area contributed by atoms with Crippen LogP contribution in [0.15, 0.2) is 79.3 Å². The summed E-state index contributed by atoms with van der Waals surface area (Å²) in [6.07, 6.45) is 7.39. The average Bonchev–Trinajstić information content (AvgIpc) is 3.07. The van der Waals surface area contributed by atoms with Gasteiger partial charge in [0.25, 0.3) is 0 Å². The minimum atomic E-state index is -0.588. The fraction of sp³-hybridized carbons (Fsp3) is 0.257. The number of anilines is 2. The van der Waals surface area contributed by atoms with Gasteiger partial charge in [0.1, 0.15) is 11.5 Å². The van der Waals surface area contributed by atoms with Crippen LogP contribution in [0.25, 0.3) is 22.0 Å². The van der Waals surface area contributed by atoms with E-state index in [1.54, 1.807) is 19.3 Å². The van der Waals surface area contributed by atoms with Crippen LogP contribution < -0.4 is 15.5 Å². The Hall–Kier alpha value is -4.96. The lowest BCUT2D eigenvalue weighted by Gasteiger charge is -2.26. The number of ketones is 1. The van der Waals surface area contributed by atoms with Gasteiger partial charge in [-0.15, -0.1) is 0 Å². The van der Waals surface area contributed by atoms with Gasteiger partial charge in [0.15, 0.2) is 5.78 Å². The lowest BCUT2D eigenvalue weighted by atomic mass is 10.0. The molecule has 2 aromatic carbocycles. The Labute approximate surface area is 272 Å². The fourth-order valence-corrected chi connectivity index (χ4v) is 5.32. The number of nitrogens with one attached hydrogen (secondary N) is 2. The van der Waals surface area contributed by atoms with Gasteiger partial charge in [0.05, 0.1) is 34.5 Å². The van der Waals surface area contributed by atoms with E-state index in [2.05, 4.69) is 67.8 Å². The number of aryl methyl sites for hydroxylation is 1. The van der Waals surface area contributed by atoms with Crippen LogP contribution in [0.4, 0.5) is 16.0 Å². The van der Waals surface area contributed by atoms with Crippen molar-refractivity contribution in [3.05, 3.63) is 107 Å². The molecular weight excluding hydrogens is 605 g/mol. The first-order chi connectivity index (χ1) is 22.2. The second kappa shape index (κ2) is 14.9. The molecule has 0 aliphatic carbocycles. The number of hydrogen-bond acceptors (Lipinski definition) is 8. The van der Waals surface area contributed by atoms with E-state index in [4.69, 9.17) is 11.6 Å². The van der Waals surface area contributed by atoms with Crippen LogP contribution in [0.3, 0.4) is 0 Å². The predicted octanol–water partition coefficient (Wildman–Crippen LogP) is 6.83. The second-order valence-electron chi connectivity index (χ2n) is 11.0. The number of hydrogen-bond donors (Lipinski definition) is 2. The molecule has 46 heavy (non-hydrogen) atoms. The van der Waals surface area contributed by atoms with Crippen molar-refractivity contribution in [1.29, 1.82) is 0 Å². The van der Waals surface area contributed by atoms with E-state index in [9.17, 15) is 14.0 Å². The van der Waals surface area contributed by atoms with Crippen molar-refractivity contribution < 1.29 is 14.0 Å². The van der Waals surface area contributed by atoms with Gasteiger partial charge in [-0.25, -0.2) is 19.3 Å². The van der Waals surface area contributed by atoms with Crippen molar-refractivity contribution in [2.45, 2.75) is 39.7 Å². The summed E-state index contributed by atoms with van der Waals surface area (Å²) in [5, 5.41) is 7.11. The maximum atomic E-state index is 14.6. The van der Waals surface area contributed by atoms with Crippen molar-refractivity contribution >= 4 is 45.8 Å². The molecule has 0 radical (unpaired) electrons. The summed E-state index contributed by atoms with van der Waals surface area (Å²) >= 11 is 6.52. The zero-order valence-corrected chi connectivity index (χ0v) is 26.7. The molecule has 1 aliphatic rings. The number of rotatable bonds is 8. The molecular formula is C35H35ClFN7O2. The molecule has 9 nitrogen and oxygen atoms in total. The summed E-state index contributed by atoms with van der Waals surface area (Å²) in [5.41, 5.74) is 4.59. The molecule has 1 saturated heterocycles. The molecule has 236 valence electrons. The number of fused-ring (bicyclic) bond motifs is 1. The molecule has 2 N–H and O–H groups in total. The minimum Gasteiger partial charge on any atom is -0.375 e. The van der Waals surface area contributed by atoms with E-state index >= 15 is 0 Å². The summed E-state index contributed by atoms with van der Waals surface area (Å²) in [6, 6.07) is 18.3. The zero-order valence-electron chi connectivity index (χ0n) is 25.9. The van der Waals surface area contributed by atoms with E-state index in [1.165, 1.54) is 43.7 Å². The van der Waals surface area contributed by atoms with E-state index in [0.717, 1.165) is 16.5 Å². The van der Waals surface area contributed by atoms with Crippen LogP contribution in [0.1, 0.15) is 55.0 Å². The number of carbonyl (C=O) groups is 2. The third-order valence-corrected chi connectivity index (χ3v) is 7.79. The molecule has 1 unspecified atom stereocenters. The van der Waals surface area contributed by atoms with Crippen molar-refractivity contribution in [1.82, 2.24) is 25.3 Å². The highest BCUT2D eigenvalue weighted by atomic mass is 35.5. The maximum Gasteiger partial charge on any atom is 0.239 e. The van der Waals surface area contributed by atoms with Gasteiger partial charge in [-0.3, -0.25) is 14.6 Å². The molecule has 3 aromatic heterocycles. The van der Waals surface area contributed by atoms with E-state index in [0.29, 0.717) is 35.3 Å². The number of Topliss-reactive ketones (excluding diaryl/α,β-unsaturated/α-hetero) is 1. The number of pyridine rings is 2. The standard InChI is InChI=1S/C26H23ClFN7O2.C9H12/c1-14(24-20(28)4-6-21(34-24)15(2)36)33-25-18-9-16(3-5-22(18)30-12-19(25)27)17-10-31-26(32-11-17)35-8-7-29-23(37)13-35;1-2-6-9-7-4-3-5-8-9/h3-6,9-12,14H,7-8,13H2,1-2H3,(H,29,37)(H,30,33);3-5,7-8H,2,6H2,1H3. The Balaban J connectivity index is 0.000000400. The molecule has 11 heteroatoms. The molecule has 4 heterocycles.